The van der Waals surface area contributed by atoms with Gasteiger partial charge < -0.3 is 14.4 Å². The summed E-state index contributed by atoms with van der Waals surface area (Å²) in [5.74, 6) is 2.43. The van der Waals surface area contributed by atoms with E-state index in [1.165, 1.54) is 24.2 Å². The Kier molecular flexibility index (Phi) is 7.29. The van der Waals surface area contributed by atoms with Crippen LogP contribution >= 0.6 is 0 Å². The van der Waals surface area contributed by atoms with Crippen molar-refractivity contribution in [3.05, 3.63) is 59.4 Å². The number of pyridine rings is 1. The van der Waals surface area contributed by atoms with Crippen LogP contribution in [0.2, 0.25) is 0 Å². The summed E-state index contributed by atoms with van der Waals surface area (Å²) in [6.45, 7) is 3.92. The molecule has 0 bridgehead atoms. The van der Waals surface area contributed by atoms with Gasteiger partial charge in [0.2, 0.25) is 5.91 Å². The number of fused-ring (bicyclic) bond motifs is 1. The number of ether oxygens (including phenoxy) is 1. The minimum absolute atomic E-state index is 0.0436. The molecule has 2 aromatic heterocycles. The predicted molar refractivity (Wildman–Crippen MR) is 150 cm³/mol. The lowest BCUT2D eigenvalue weighted by Crippen LogP contribution is -2.50. The van der Waals surface area contributed by atoms with Crippen LogP contribution in [0.25, 0.3) is 11.5 Å². The maximum Gasteiger partial charge on any atom is 0.329 e. The van der Waals surface area contributed by atoms with Gasteiger partial charge in [-0.2, -0.15) is 0 Å². The molecule has 3 aromatic rings. The number of urea groups is 1. The molecule has 3 amide bonds. The van der Waals surface area contributed by atoms with Gasteiger partial charge in [-0.05, 0) is 54.5 Å². The van der Waals surface area contributed by atoms with Crippen LogP contribution in [0.1, 0.15) is 61.9 Å². The monoisotopic (exact) mass is 544 g/mol. The first-order valence-electron chi connectivity index (χ1n) is 14.1. The Morgan fingerprint density at radius 2 is 1.90 bits per heavy atom. The molecule has 1 aliphatic carbocycles. The molecule has 2 N–H and O–H groups in total. The fourth-order valence-corrected chi connectivity index (χ4v) is 6.13. The number of carbonyl (C=O) groups is 2. The molecule has 3 atom stereocenters. The summed E-state index contributed by atoms with van der Waals surface area (Å²) in [6, 6.07) is 11.6. The maximum atomic E-state index is 12.3. The fraction of sp³-hybridized carbons (Fsp3) is 0.467. The molecule has 1 aromatic carbocycles. The number of hydrogen-bond acceptors (Lipinski definition) is 7. The molecule has 1 saturated carbocycles. The minimum Gasteiger partial charge on any atom is -0.490 e. The number of carbonyl (C=O) groups excluding carboxylic acids is 2. The summed E-state index contributed by atoms with van der Waals surface area (Å²) < 4.78 is 8.10. The largest absolute Gasteiger partial charge is 0.490 e. The van der Waals surface area contributed by atoms with Crippen LogP contribution in [-0.4, -0.2) is 55.7 Å². The van der Waals surface area contributed by atoms with Crippen LogP contribution in [0.3, 0.4) is 0 Å². The summed E-state index contributed by atoms with van der Waals surface area (Å²) >= 11 is 0. The number of aromatic nitrogens is 3. The third-order valence-electron chi connectivity index (χ3n) is 8.47. The molecule has 0 spiro atoms. The lowest BCUT2D eigenvalue weighted by Gasteiger charge is -2.29. The number of imidazole rings is 1. The zero-order valence-electron chi connectivity index (χ0n) is 23.0. The summed E-state index contributed by atoms with van der Waals surface area (Å²) in [7, 11) is 1.83. The lowest BCUT2D eigenvalue weighted by molar-refractivity contribution is -0.120. The summed E-state index contributed by atoms with van der Waals surface area (Å²) in [6.07, 6.45) is 7.04. The molecule has 40 heavy (non-hydrogen) atoms. The van der Waals surface area contributed by atoms with Crippen LogP contribution in [0.5, 0.6) is 5.75 Å². The van der Waals surface area contributed by atoms with Crippen LogP contribution in [0.15, 0.2) is 42.6 Å². The molecule has 6 rings (SSSR count). The van der Waals surface area contributed by atoms with Crippen molar-refractivity contribution in [1.82, 2.24) is 24.8 Å². The first-order chi connectivity index (χ1) is 19.4. The Balaban J connectivity index is 1.16. The molecule has 10 heteroatoms. The predicted octanol–water partition coefficient (Wildman–Crippen LogP) is 3.94. The number of nitrogens with zero attached hydrogens (tertiary/aromatic N) is 5. The first kappa shape index (κ1) is 26.5. The average molecular weight is 545 g/mol. The number of nitrogens with one attached hydrogen (secondary N) is 1. The maximum absolute atomic E-state index is 12.3. The van der Waals surface area contributed by atoms with Crippen molar-refractivity contribution in [2.75, 3.05) is 18.1 Å². The van der Waals surface area contributed by atoms with Gasteiger partial charge in [-0.3, -0.25) is 19.9 Å². The van der Waals surface area contributed by atoms with Crippen LogP contribution in [0.4, 0.5) is 10.6 Å². The van der Waals surface area contributed by atoms with E-state index < -0.39 is 6.03 Å². The van der Waals surface area contributed by atoms with E-state index >= 15 is 0 Å². The number of rotatable bonds is 7. The highest BCUT2D eigenvalue weighted by molar-refractivity contribution is 6.05. The molecule has 2 aliphatic heterocycles. The van der Waals surface area contributed by atoms with Crippen molar-refractivity contribution in [3.63, 3.8) is 0 Å². The minimum atomic E-state index is -0.452. The number of benzene rings is 1. The molecule has 10 nitrogen and oxygen atoms in total. The quantitative estimate of drug-likeness (QED) is 0.463. The fourth-order valence-electron chi connectivity index (χ4n) is 6.13. The van der Waals surface area contributed by atoms with E-state index in [1.807, 2.05) is 23.7 Å². The van der Waals surface area contributed by atoms with Crippen molar-refractivity contribution in [3.8, 4) is 17.3 Å². The van der Waals surface area contributed by atoms with Gasteiger partial charge in [-0.25, -0.2) is 14.8 Å². The van der Waals surface area contributed by atoms with Crippen molar-refractivity contribution < 1.29 is 19.4 Å². The Hall–Kier alpha value is -3.76. The molecule has 210 valence electrons. The number of imide groups is 1. The van der Waals surface area contributed by atoms with Gasteiger partial charge in [0.15, 0.2) is 5.82 Å². The van der Waals surface area contributed by atoms with Crippen molar-refractivity contribution in [2.45, 2.75) is 64.3 Å². The number of amides is 3. The lowest BCUT2D eigenvalue weighted by atomic mass is 9.88. The van der Waals surface area contributed by atoms with Gasteiger partial charge in [-0.15, -0.1) is 0 Å². The topological polar surface area (TPSA) is 113 Å². The average Bonchev–Trinajstić information content (AvgIpc) is 3.50. The summed E-state index contributed by atoms with van der Waals surface area (Å²) in [4.78, 5) is 37.1. The molecule has 0 radical (unpaired) electrons. The normalized spacial score (nSPS) is 23.3. The van der Waals surface area contributed by atoms with Crippen LogP contribution < -0.4 is 15.0 Å². The molecule has 0 unspecified atom stereocenters. The van der Waals surface area contributed by atoms with Gasteiger partial charge in [0.05, 0.1) is 24.5 Å². The van der Waals surface area contributed by atoms with Gasteiger partial charge in [0, 0.05) is 33.1 Å². The van der Waals surface area contributed by atoms with E-state index in [-0.39, 0.29) is 25.0 Å². The van der Waals surface area contributed by atoms with E-state index in [1.54, 1.807) is 6.20 Å². The van der Waals surface area contributed by atoms with E-state index in [0.29, 0.717) is 49.0 Å². The first-order valence-corrected chi connectivity index (χ1v) is 14.1. The number of hydrogen-bond donors (Lipinski definition) is 2. The standard InChI is InChI=1S/C30H36N6O4/c1-19-5-3-4-6-25(19)40-22-10-7-20(8-11-22)16-35-17-21-9-12-23(32-28(21)24(35)18-37)29-31-15-27(34(29)2)36-14-13-26(38)33-30(36)39/h7-12,15,19,24-25,37H,3-6,13-14,16-18H2,1-2H3,(H,33,38,39)/t19-,24+,25+/m0/s1. The van der Waals surface area contributed by atoms with E-state index in [4.69, 9.17) is 9.72 Å². The summed E-state index contributed by atoms with van der Waals surface area (Å²) in [5.41, 5.74) is 3.75. The highest BCUT2D eigenvalue weighted by atomic mass is 16.5. The van der Waals surface area contributed by atoms with E-state index in [9.17, 15) is 14.7 Å². The highest BCUT2D eigenvalue weighted by Crippen LogP contribution is 2.36. The van der Waals surface area contributed by atoms with Gasteiger partial charge in [0.1, 0.15) is 23.4 Å². The third-order valence-corrected chi connectivity index (χ3v) is 8.47. The second kappa shape index (κ2) is 11.0. The van der Waals surface area contributed by atoms with Crippen molar-refractivity contribution >= 4 is 17.8 Å². The molecule has 4 heterocycles. The van der Waals surface area contributed by atoms with Crippen molar-refractivity contribution in [2.24, 2.45) is 13.0 Å². The number of anilines is 1. The van der Waals surface area contributed by atoms with Gasteiger partial charge in [-0.1, -0.05) is 31.5 Å². The zero-order valence-corrected chi connectivity index (χ0v) is 23.0. The smallest absolute Gasteiger partial charge is 0.329 e. The molecule has 2 fully saturated rings. The van der Waals surface area contributed by atoms with Gasteiger partial charge in [0.25, 0.3) is 0 Å². The van der Waals surface area contributed by atoms with Crippen LogP contribution in [0, 0.1) is 5.92 Å². The van der Waals surface area contributed by atoms with Crippen LogP contribution in [-0.2, 0) is 24.9 Å². The van der Waals surface area contributed by atoms with Crippen molar-refractivity contribution in [1.29, 1.82) is 0 Å². The Morgan fingerprint density at radius 1 is 1.10 bits per heavy atom. The van der Waals surface area contributed by atoms with E-state index in [2.05, 4.69) is 46.4 Å². The highest BCUT2D eigenvalue weighted by Gasteiger charge is 2.33. The summed E-state index contributed by atoms with van der Waals surface area (Å²) in [5, 5.41) is 12.7. The Bertz CT molecular complexity index is 1400. The Morgan fingerprint density at radius 3 is 2.65 bits per heavy atom. The Labute approximate surface area is 234 Å². The third kappa shape index (κ3) is 5.09. The van der Waals surface area contributed by atoms with E-state index in [0.717, 1.165) is 29.0 Å². The number of aliphatic hydroxyl groups is 1. The SMILES string of the molecule is C[C@H]1CCCC[C@H]1Oc1ccc(CN2Cc3ccc(-c4ncc(N5CCC(=O)NC5=O)n4C)nc3[C@H]2CO)cc1. The zero-order chi connectivity index (χ0) is 27.8. The second-order valence-corrected chi connectivity index (χ2v) is 11.2. The second-order valence-electron chi connectivity index (χ2n) is 11.2. The molecule has 1 saturated heterocycles. The molecular formula is C30H36N6O4. The van der Waals surface area contributed by atoms with Gasteiger partial charge >= 0.3 is 6.03 Å². The molecular weight excluding hydrogens is 508 g/mol. The number of aliphatic hydroxyl groups excluding tert-OH is 1. The molecule has 3 aliphatic rings.